The number of thioether (sulfide) groups is 1. The zero-order valence-electron chi connectivity index (χ0n) is 9.28. The molecule has 1 aromatic carbocycles. The normalized spacial score (nSPS) is 9.83. The minimum Gasteiger partial charge on any atom is -0.481 e. The Hall–Kier alpha value is -2.09. The van der Waals surface area contributed by atoms with Gasteiger partial charge < -0.3 is 9.84 Å². The topological polar surface area (TPSA) is 107 Å². The van der Waals surface area contributed by atoms with Gasteiger partial charge in [0.25, 0.3) is 5.69 Å². The molecule has 0 aliphatic heterocycles. The maximum absolute atomic E-state index is 11.4. The average Bonchev–Trinajstić information content (AvgIpc) is 2.34. The molecule has 1 N–H and O–H groups in total. The number of benzene rings is 1. The van der Waals surface area contributed by atoms with E-state index in [1.54, 1.807) is 0 Å². The second kappa shape index (κ2) is 6.01. The van der Waals surface area contributed by atoms with Crippen LogP contribution in [-0.4, -0.2) is 34.8 Å². The van der Waals surface area contributed by atoms with Crippen molar-refractivity contribution in [3.05, 3.63) is 33.9 Å². The van der Waals surface area contributed by atoms with Crippen molar-refractivity contribution in [2.24, 2.45) is 0 Å². The lowest BCUT2D eigenvalue weighted by Gasteiger charge is -2.04. The summed E-state index contributed by atoms with van der Waals surface area (Å²) < 4.78 is 4.44. The molecule has 0 saturated heterocycles. The summed E-state index contributed by atoms with van der Waals surface area (Å²) in [6, 6.07) is 3.78. The van der Waals surface area contributed by atoms with E-state index in [4.69, 9.17) is 5.11 Å². The fraction of sp³-hybridized carbons (Fsp3) is 0.200. The summed E-state index contributed by atoms with van der Waals surface area (Å²) in [4.78, 5) is 32.2. The van der Waals surface area contributed by atoms with E-state index in [1.807, 2.05) is 0 Å². The molecule has 0 bridgehead atoms. The summed E-state index contributed by atoms with van der Waals surface area (Å²) in [6.45, 7) is 0. The van der Waals surface area contributed by atoms with Crippen LogP contribution in [0.1, 0.15) is 10.4 Å². The third-order valence-corrected chi connectivity index (χ3v) is 2.91. The van der Waals surface area contributed by atoms with Crippen LogP contribution in [0.5, 0.6) is 0 Å². The fourth-order valence-electron chi connectivity index (χ4n) is 1.18. The van der Waals surface area contributed by atoms with Crippen LogP contribution < -0.4 is 0 Å². The largest absolute Gasteiger partial charge is 0.481 e. The van der Waals surface area contributed by atoms with Crippen molar-refractivity contribution in [3.8, 4) is 0 Å². The molecular formula is C10H9NO6S. The molecule has 0 aliphatic rings. The number of hydrogen-bond donors (Lipinski definition) is 1. The Kier molecular flexibility index (Phi) is 4.67. The van der Waals surface area contributed by atoms with E-state index >= 15 is 0 Å². The minimum atomic E-state index is -1.02. The van der Waals surface area contributed by atoms with E-state index in [-0.39, 0.29) is 17.0 Å². The molecule has 1 rings (SSSR count). The van der Waals surface area contributed by atoms with Gasteiger partial charge in [0.05, 0.1) is 17.8 Å². The number of carboxylic acids is 1. The van der Waals surface area contributed by atoms with Gasteiger partial charge in [-0.15, -0.1) is 11.8 Å². The van der Waals surface area contributed by atoms with Crippen molar-refractivity contribution in [1.29, 1.82) is 0 Å². The molecule has 7 nitrogen and oxygen atoms in total. The van der Waals surface area contributed by atoms with Gasteiger partial charge in [-0.25, -0.2) is 4.79 Å². The zero-order valence-corrected chi connectivity index (χ0v) is 10.1. The van der Waals surface area contributed by atoms with E-state index < -0.39 is 16.9 Å². The molecule has 0 radical (unpaired) electrons. The number of nitro groups is 1. The predicted octanol–water partition coefficient (Wildman–Crippen LogP) is 1.56. The van der Waals surface area contributed by atoms with Crippen LogP contribution in [0.15, 0.2) is 23.1 Å². The van der Waals surface area contributed by atoms with Crippen molar-refractivity contribution >= 4 is 29.4 Å². The van der Waals surface area contributed by atoms with Crippen LogP contribution in [0, 0.1) is 10.1 Å². The van der Waals surface area contributed by atoms with Gasteiger partial charge in [-0.05, 0) is 12.1 Å². The third kappa shape index (κ3) is 3.45. The summed E-state index contributed by atoms with van der Waals surface area (Å²) in [6.07, 6.45) is 0. The first-order valence-electron chi connectivity index (χ1n) is 4.67. The van der Waals surface area contributed by atoms with Crippen LogP contribution >= 0.6 is 11.8 Å². The summed E-state index contributed by atoms with van der Waals surface area (Å²) in [5.41, 5.74) is -0.570. The van der Waals surface area contributed by atoms with Crippen molar-refractivity contribution in [3.63, 3.8) is 0 Å². The molecule has 1 aromatic rings. The third-order valence-electron chi connectivity index (χ3n) is 1.93. The second-order valence-corrected chi connectivity index (χ2v) is 4.16. The summed E-state index contributed by atoms with van der Waals surface area (Å²) in [5, 5.41) is 19.2. The Morgan fingerprint density at radius 3 is 2.67 bits per heavy atom. The number of esters is 1. The number of ether oxygens (including phenoxy) is 1. The average molecular weight is 271 g/mol. The van der Waals surface area contributed by atoms with Gasteiger partial charge in [0.1, 0.15) is 5.56 Å². The first-order chi connectivity index (χ1) is 8.45. The molecule has 0 heterocycles. The van der Waals surface area contributed by atoms with Gasteiger partial charge in [-0.1, -0.05) is 0 Å². The summed E-state index contributed by atoms with van der Waals surface area (Å²) in [7, 11) is 1.11. The van der Waals surface area contributed by atoms with Crippen molar-refractivity contribution in [2.75, 3.05) is 12.9 Å². The van der Waals surface area contributed by atoms with Crippen LogP contribution in [0.4, 0.5) is 5.69 Å². The quantitative estimate of drug-likeness (QED) is 0.374. The maximum Gasteiger partial charge on any atom is 0.344 e. The van der Waals surface area contributed by atoms with Gasteiger partial charge >= 0.3 is 11.9 Å². The standard InChI is InChI=1S/C10H9NO6S/c1-17-10(14)7-4-6(18-5-9(12)13)2-3-8(7)11(15)16/h2-4H,5H2,1H3,(H,12,13). The van der Waals surface area contributed by atoms with Gasteiger partial charge in [0.2, 0.25) is 0 Å². The second-order valence-electron chi connectivity index (χ2n) is 3.11. The van der Waals surface area contributed by atoms with E-state index in [0.717, 1.165) is 24.9 Å². The Morgan fingerprint density at radius 2 is 2.17 bits per heavy atom. The molecule has 0 amide bonds. The zero-order chi connectivity index (χ0) is 13.7. The fourth-order valence-corrected chi connectivity index (χ4v) is 1.84. The van der Waals surface area contributed by atoms with Crippen molar-refractivity contribution < 1.29 is 24.4 Å². The number of methoxy groups -OCH3 is 1. The molecule has 18 heavy (non-hydrogen) atoms. The van der Waals surface area contributed by atoms with E-state index in [1.165, 1.54) is 12.1 Å². The SMILES string of the molecule is COC(=O)c1cc(SCC(=O)O)ccc1[N+](=O)[O-]. The first-order valence-corrected chi connectivity index (χ1v) is 5.65. The molecule has 0 unspecified atom stereocenters. The molecular weight excluding hydrogens is 262 g/mol. The first kappa shape index (κ1) is 14.0. The monoisotopic (exact) mass is 271 g/mol. The number of carboxylic acid groups (broad SMARTS) is 1. The molecule has 0 atom stereocenters. The number of carbonyl (C=O) groups excluding carboxylic acids is 1. The number of nitrogens with zero attached hydrogens (tertiary/aromatic N) is 1. The maximum atomic E-state index is 11.4. The lowest BCUT2D eigenvalue weighted by Crippen LogP contribution is -2.06. The molecule has 0 spiro atoms. The molecule has 0 saturated carbocycles. The Bertz CT molecular complexity index is 501. The highest BCUT2D eigenvalue weighted by Gasteiger charge is 2.21. The summed E-state index contributed by atoms with van der Waals surface area (Å²) >= 11 is 0.961. The van der Waals surface area contributed by atoms with Crippen LogP contribution in [0.3, 0.4) is 0 Å². The van der Waals surface area contributed by atoms with Gasteiger partial charge in [-0.3, -0.25) is 14.9 Å². The van der Waals surface area contributed by atoms with Crippen LogP contribution in [-0.2, 0) is 9.53 Å². The Morgan fingerprint density at radius 1 is 1.50 bits per heavy atom. The predicted molar refractivity (Wildman–Crippen MR) is 62.8 cm³/mol. The highest BCUT2D eigenvalue weighted by molar-refractivity contribution is 8.00. The smallest absolute Gasteiger partial charge is 0.344 e. The van der Waals surface area contributed by atoms with Gasteiger partial charge in [-0.2, -0.15) is 0 Å². The van der Waals surface area contributed by atoms with E-state index in [2.05, 4.69) is 4.74 Å². The van der Waals surface area contributed by atoms with Crippen molar-refractivity contribution in [1.82, 2.24) is 0 Å². The lowest BCUT2D eigenvalue weighted by molar-refractivity contribution is -0.385. The van der Waals surface area contributed by atoms with Gasteiger partial charge in [0.15, 0.2) is 0 Å². The number of aliphatic carboxylic acids is 1. The van der Waals surface area contributed by atoms with Crippen molar-refractivity contribution in [2.45, 2.75) is 4.90 Å². The van der Waals surface area contributed by atoms with Crippen LogP contribution in [0.2, 0.25) is 0 Å². The minimum absolute atomic E-state index is 0.196. The Labute approximate surface area is 106 Å². The van der Waals surface area contributed by atoms with Gasteiger partial charge in [0, 0.05) is 11.0 Å². The number of hydrogen-bond acceptors (Lipinski definition) is 6. The molecule has 0 aromatic heterocycles. The lowest BCUT2D eigenvalue weighted by atomic mass is 10.2. The highest BCUT2D eigenvalue weighted by Crippen LogP contribution is 2.26. The molecule has 8 heteroatoms. The number of rotatable bonds is 5. The molecule has 0 fully saturated rings. The number of carbonyl (C=O) groups is 2. The molecule has 96 valence electrons. The van der Waals surface area contributed by atoms with E-state index in [0.29, 0.717) is 4.90 Å². The summed E-state index contributed by atoms with van der Waals surface area (Å²) in [5.74, 6) is -2.05. The number of nitro benzene ring substituents is 1. The van der Waals surface area contributed by atoms with Crippen LogP contribution in [0.25, 0.3) is 0 Å². The molecule has 0 aliphatic carbocycles. The highest BCUT2D eigenvalue weighted by atomic mass is 32.2. The van der Waals surface area contributed by atoms with E-state index in [9.17, 15) is 19.7 Å². The Balaban J connectivity index is 3.09.